The van der Waals surface area contributed by atoms with Crippen LogP contribution in [0.15, 0.2) is 48.5 Å². The third-order valence-electron chi connectivity index (χ3n) is 4.99. The highest BCUT2D eigenvalue weighted by Gasteiger charge is 2.37. The van der Waals surface area contributed by atoms with Crippen molar-refractivity contribution < 1.29 is 14.3 Å². The average molecular weight is 337 g/mol. The highest BCUT2D eigenvalue weighted by Crippen LogP contribution is 2.28. The Morgan fingerprint density at radius 2 is 1.72 bits per heavy atom. The van der Waals surface area contributed by atoms with Gasteiger partial charge in [0.1, 0.15) is 5.75 Å². The molecule has 2 aromatic carbocycles. The minimum Gasteiger partial charge on any atom is -0.497 e. The van der Waals surface area contributed by atoms with E-state index in [9.17, 15) is 9.59 Å². The SMILES string of the molecule is COc1ccc(C(=O)[C@H]2CN(C(=O)c3ccccc3C)C[C@@H]2C)cc1. The number of nitrogens with zero attached hydrogens (tertiary/aromatic N) is 1. The molecule has 1 heterocycles. The van der Waals surface area contributed by atoms with Crippen molar-refractivity contribution in [2.45, 2.75) is 13.8 Å². The largest absolute Gasteiger partial charge is 0.497 e. The Bertz CT molecular complexity index is 782. The zero-order chi connectivity index (χ0) is 18.0. The number of carbonyl (C=O) groups is 2. The van der Waals surface area contributed by atoms with Crippen LogP contribution < -0.4 is 4.74 Å². The predicted molar refractivity (Wildman–Crippen MR) is 97.1 cm³/mol. The van der Waals surface area contributed by atoms with Crippen molar-refractivity contribution in [2.24, 2.45) is 11.8 Å². The van der Waals surface area contributed by atoms with E-state index in [1.54, 1.807) is 36.3 Å². The fourth-order valence-electron chi connectivity index (χ4n) is 3.43. The van der Waals surface area contributed by atoms with Gasteiger partial charge in [0.05, 0.1) is 7.11 Å². The van der Waals surface area contributed by atoms with Gasteiger partial charge >= 0.3 is 0 Å². The Hall–Kier alpha value is -2.62. The molecule has 3 rings (SSSR count). The summed E-state index contributed by atoms with van der Waals surface area (Å²) in [5.74, 6) is 0.807. The Kier molecular flexibility index (Phi) is 4.88. The third kappa shape index (κ3) is 3.43. The van der Waals surface area contributed by atoms with Gasteiger partial charge in [0, 0.05) is 30.1 Å². The van der Waals surface area contributed by atoms with Gasteiger partial charge in [0.25, 0.3) is 5.91 Å². The second-order valence-electron chi connectivity index (χ2n) is 6.70. The molecule has 0 aromatic heterocycles. The molecule has 0 unspecified atom stereocenters. The number of carbonyl (C=O) groups excluding carboxylic acids is 2. The van der Waals surface area contributed by atoms with Crippen molar-refractivity contribution in [3.8, 4) is 5.75 Å². The molecule has 2 atom stereocenters. The Balaban J connectivity index is 1.75. The van der Waals surface area contributed by atoms with E-state index >= 15 is 0 Å². The topological polar surface area (TPSA) is 46.6 Å². The molecule has 4 nitrogen and oxygen atoms in total. The van der Waals surface area contributed by atoms with E-state index in [-0.39, 0.29) is 23.5 Å². The van der Waals surface area contributed by atoms with Crippen molar-refractivity contribution in [1.82, 2.24) is 4.90 Å². The minimum atomic E-state index is -0.165. The second-order valence-corrected chi connectivity index (χ2v) is 6.70. The number of rotatable bonds is 4. The standard InChI is InChI=1S/C21H23NO3/c1-14-6-4-5-7-18(14)21(24)22-12-15(2)19(13-22)20(23)16-8-10-17(25-3)11-9-16/h4-11,15,19H,12-13H2,1-3H3/t15-,19-/m0/s1. The van der Waals surface area contributed by atoms with Crippen molar-refractivity contribution >= 4 is 11.7 Å². The van der Waals surface area contributed by atoms with Crippen LogP contribution in [0.25, 0.3) is 0 Å². The summed E-state index contributed by atoms with van der Waals surface area (Å²) in [6.07, 6.45) is 0. The zero-order valence-corrected chi connectivity index (χ0v) is 14.9. The number of amides is 1. The van der Waals surface area contributed by atoms with Gasteiger partial charge in [0.15, 0.2) is 5.78 Å². The molecular formula is C21H23NO3. The Morgan fingerprint density at radius 3 is 2.36 bits per heavy atom. The average Bonchev–Trinajstić information content (AvgIpc) is 3.03. The summed E-state index contributed by atoms with van der Waals surface area (Å²) in [6, 6.07) is 14.8. The van der Waals surface area contributed by atoms with Crippen LogP contribution in [-0.2, 0) is 0 Å². The van der Waals surface area contributed by atoms with Crippen molar-refractivity contribution in [2.75, 3.05) is 20.2 Å². The quantitative estimate of drug-likeness (QED) is 0.801. The third-order valence-corrected chi connectivity index (χ3v) is 4.99. The van der Waals surface area contributed by atoms with E-state index in [2.05, 4.69) is 0 Å². The van der Waals surface area contributed by atoms with Gasteiger partial charge in [-0.1, -0.05) is 25.1 Å². The number of ether oxygens (including phenoxy) is 1. The number of ketones is 1. The summed E-state index contributed by atoms with van der Waals surface area (Å²) < 4.78 is 5.14. The van der Waals surface area contributed by atoms with Gasteiger partial charge in [-0.3, -0.25) is 9.59 Å². The molecule has 130 valence electrons. The van der Waals surface area contributed by atoms with Crippen LogP contribution in [0.1, 0.15) is 33.2 Å². The summed E-state index contributed by atoms with van der Waals surface area (Å²) >= 11 is 0. The summed E-state index contributed by atoms with van der Waals surface area (Å²) in [5.41, 5.74) is 2.35. The fraction of sp³-hybridized carbons (Fsp3) is 0.333. The number of Topliss-reactive ketones (excluding diaryl/α,β-unsaturated/α-hetero) is 1. The highest BCUT2D eigenvalue weighted by molar-refractivity contribution is 6.00. The van der Waals surface area contributed by atoms with Crippen molar-refractivity contribution in [3.63, 3.8) is 0 Å². The first-order valence-corrected chi connectivity index (χ1v) is 8.54. The van der Waals surface area contributed by atoms with Gasteiger partial charge in [-0.15, -0.1) is 0 Å². The molecule has 1 saturated heterocycles. The molecule has 0 N–H and O–H groups in total. The molecule has 0 aliphatic carbocycles. The molecule has 4 heteroatoms. The number of benzene rings is 2. The Labute approximate surface area is 148 Å². The van der Waals surface area contributed by atoms with Crippen LogP contribution in [0.3, 0.4) is 0 Å². The zero-order valence-electron chi connectivity index (χ0n) is 14.9. The number of hydrogen-bond acceptors (Lipinski definition) is 3. The first kappa shape index (κ1) is 17.2. The molecule has 2 aromatic rings. The Morgan fingerprint density at radius 1 is 1.04 bits per heavy atom. The molecule has 25 heavy (non-hydrogen) atoms. The van der Waals surface area contributed by atoms with E-state index in [0.29, 0.717) is 24.2 Å². The summed E-state index contributed by atoms with van der Waals surface area (Å²) in [7, 11) is 1.60. The highest BCUT2D eigenvalue weighted by atomic mass is 16.5. The molecule has 1 amide bonds. The smallest absolute Gasteiger partial charge is 0.254 e. The molecular weight excluding hydrogens is 314 g/mol. The predicted octanol–water partition coefficient (Wildman–Crippen LogP) is 3.59. The van der Waals surface area contributed by atoms with E-state index in [4.69, 9.17) is 4.74 Å². The number of hydrogen-bond donors (Lipinski definition) is 0. The number of aryl methyl sites for hydroxylation is 1. The van der Waals surface area contributed by atoms with E-state index in [0.717, 1.165) is 11.3 Å². The van der Waals surface area contributed by atoms with Crippen LogP contribution in [0.4, 0.5) is 0 Å². The first-order valence-electron chi connectivity index (χ1n) is 8.54. The van der Waals surface area contributed by atoms with E-state index < -0.39 is 0 Å². The van der Waals surface area contributed by atoms with Gasteiger partial charge in [-0.05, 0) is 48.7 Å². The van der Waals surface area contributed by atoms with Gasteiger partial charge in [-0.2, -0.15) is 0 Å². The van der Waals surface area contributed by atoms with Crippen LogP contribution in [0.5, 0.6) is 5.75 Å². The molecule has 0 spiro atoms. The maximum atomic E-state index is 12.8. The van der Waals surface area contributed by atoms with Gasteiger partial charge in [-0.25, -0.2) is 0 Å². The second kappa shape index (κ2) is 7.09. The number of methoxy groups -OCH3 is 1. The summed E-state index contributed by atoms with van der Waals surface area (Å²) in [4.78, 5) is 27.5. The molecule has 1 aliphatic rings. The normalized spacial score (nSPS) is 19.7. The molecule has 0 saturated carbocycles. The van der Waals surface area contributed by atoms with Crippen LogP contribution >= 0.6 is 0 Å². The van der Waals surface area contributed by atoms with E-state index in [1.807, 2.05) is 38.1 Å². The molecule has 1 fully saturated rings. The summed E-state index contributed by atoms with van der Waals surface area (Å²) in [6.45, 7) is 5.06. The van der Waals surface area contributed by atoms with Crippen LogP contribution in [0.2, 0.25) is 0 Å². The van der Waals surface area contributed by atoms with E-state index in [1.165, 1.54) is 0 Å². The van der Waals surface area contributed by atoms with Crippen molar-refractivity contribution in [1.29, 1.82) is 0 Å². The monoisotopic (exact) mass is 337 g/mol. The maximum Gasteiger partial charge on any atom is 0.254 e. The van der Waals surface area contributed by atoms with Crippen LogP contribution in [-0.4, -0.2) is 36.8 Å². The van der Waals surface area contributed by atoms with Crippen molar-refractivity contribution in [3.05, 3.63) is 65.2 Å². The maximum absolute atomic E-state index is 12.8. The lowest BCUT2D eigenvalue weighted by Gasteiger charge is -2.17. The molecule has 0 radical (unpaired) electrons. The first-order chi connectivity index (χ1) is 12.0. The lowest BCUT2D eigenvalue weighted by atomic mass is 9.90. The number of likely N-dealkylation sites (tertiary alicyclic amines) is 1. The lowest BCUT2D eigenvalue weighted by Crippen LogP contribution is -2.30. The fourth-order valence-corrected chi connectivity index (χ4v) is 3.43. The lowest BCUT2D eigenvalue weighted by molar-refractivity contribution is 0.0779. The molecule has 1 aliphatic heterocycles. The summed E-state index contributed by atoms with van der Waals surface area (Å²) in [5, 5.41) is 0. The molecule has 0 bridgehead atoms. The van der Waals surface area contributed by atoms with Gasteiger partial charge in [0.2, 0.25) is 0 Å². The van der Waals surface area contributed by atoms with Gasteiger partial charge < -0.3 is 9.64 Å². The minimum absolute atomic E-state index is 0.00924. The van der Waals surface area contributed by atoms with Crippen LogP contribution in [0, 0.1) is 18.8 Å².